The molecular weight excluding hydrogens is 358 g/mol. The predicted molar refractivity (Wildman–Crippen MR) is 117 cm³/mol. The van der Waals surface area contributed by atoms with E-state index in [2.05, 4.69) is 22.4 Å². The summed E-state index contributed by atoms with van der Waals surface area (Å²) in [6.07, 6.45) is 3.54. The van der Waals surface area contributed by atoms with Crippen LogP contribution in [0, 0.1) is 0 Å². The lowest BCUT2D eigenvalue weighted by Crippen LogP contribution is -2.33. The number of pyridine rings is 2. The fourth-order valence-electron chi connectivity index (χ4n) is 3.41. The summed E-state index contributed by atoms with van der Waals surface area (Å²) in [6.45, 7) is 2.05. The molecule has 4 rings (SSSR count). The normalized spacial score (nSPS) is 11.9. The van der Waals surface area contributed by atoms with Gasteiger partial charge in [0, 0.05) is 17.6 Å². The van der Waals surface area contributed by atoms with Crippen LogP contribution < -0.4 is 5.32 Å². The summed E-state index contributed by atoms with van der Waals surface area (Å²) in [5, 5.41) is 4.00. The quantitative estimate of drug-likeness (QED) is 0.509. The molecule has 0 aliphatic carbocycles. The van der Waals surface area contributed by atoms with Crippen molar-refractivity contribution in [2.24, 2.45) is 0 Å². The van der Waals surface area contributed by atoms with Gasteiger partial charge in [0.2, 0.25) is 0 Å². The van der Waals surface area contributed by atoms with Gasteiger partial charge in [0.05, 0.1) is 22.5 Å². The van der Waals surface area contributed by atoms with Crippen LogP contribution in [0.2, 0.25) is 0 Å². The van der Waals surface area contributed by atoms with Crippen LogP contribution in [-0.2, 0) is 6.42 Å². The third-order valence-corrected chi connectivity index (χ3v) is 4.97. The lowest BCUT2D eigenvalue weighted by molar-refractivity contribution is 0.0940. The Labute approximate surface area is 170 Å². The molecule has 0 aliphatic heterocycles. The fraction of sp³-hybridized carbons (Fsp3) is 0.160. The molecule has 2 heterocycles. The topological polar surface area (TPSA) is 54.9 Å². The highest BCUT2D eigenvalue weighted by atomic mass is 16.1. The third kappa shape index (κ3) is 4.49. The highest BCUT2D eigenvalue weighted by molar-refractivity contribution is 6.07. The third-order valence-electron chi connectivity index (χ3n) is 4.97. The molecule has 1 amide bonds. The first-order valence-corrected chi connectivity index (χ1v) is 9.87. The second-order valence-corrected chi connectivity index (χ2v) is 7.19. The summed E-state index contributed by atoms with van der Waals surface area (Å²) >= 11 is 0. The molecule has 29 heavy (non-hydrogen) atoms. The van der Waals surface area contributed by atoms with Gasteiger partial charge in [-0.05, 0) is 49.6 Å². The van der Waals surface area contributed by atoms with Crippen molar-refractivity contribution >= 4 is 16.8 Å². The molecule has 0 radical (unpaired) electrons. The largest absolute Gasteiger partial charge is 0.350 e. The second kappa shape index (κ2) is 8.65. The van der Waals surface area contributed by atoms with Crippen LogP contribution >= 0.6 is 0 Å². The monoisotopic (exact) mass is 381 g/mol. The predicted octanol–water partition coefficient (Wildman–Crippen LogP) is 5.05. The van der Waals surface area contributed by atoms with E-state index in [0.29, 0.717) is 11.3 Å². The standard InChI is InChI=1S/C25H23N3O/c1-18(14-15-19-9-3-2-4-10-19)27-25(29)21-17-24(23-13-7-8-16-26-23)28-22-12-6-5-11-20(21)22/h2-13,16-18H,14-15H2,1H3,(H,27,29)/t18-/m1/s1. The SMILES string of the molecule is C[C@H](CCc1ccccc1)NC(=O)c1cc(-c2ccccn2)nc2ccccc12. The number of carbonyl (C=O) groups is 1. The number of hydrogen-bond acceptors (Lipinski definition) is 3. The zero-order chi connectivity index (χ0) is 20.1. The van der Waals surface area contributed by atoms with E-state index in [-0.39, 0.29) is 11.9 Å². The molecule has 2 aromatic heterocycles. The Morgan fingerprint density at radius 3 is 2.48 bits per heavy atom. The first-order chi connectivity index (χ1) is 14.2. The molecule has 0 bridgehead atoms. The summed E-state index contributed by atoms with van der Waals surface area (Å²) in [7, 11) is 0. The Kier molecular flexibility index (Phi) is 5.61. The summed E-state index contributed by atoms with van der Waals surface area (Å²) in [6, 6.07) is 25.7. The average molecular weight is 381 g/mol. The average Bonchev–Trinajstić information content (AvgIpc) is 2.78. The lowest BCUT2D eigenvalue weighted by Gasteiger charge is -2.15. The minimum Gasteiger partial charge on any atom is -0.350 e. The van der Waals surface area contributed by atoms with Crippen LogP contribution in [0.25, 0.3) is 22.3 Å². The van der Waals surface area contributed by atoms with Crippen molar-refractivity contribution in [2.75, 3.05) is 0 Å². The van der Waals surface area contributed by atoms with Crippen molar-refractivity contribution in [2.45, 2.75) is 25.8 Å². The molecular formula is C25H23N3O. The van der Waals surface area contributed by atoms with Crippen LogP contribution in [0.15, 0.2) is 85.1 Å². The molecule has 2 aromatic carbocycles. The Balaban J connectivity index is 1.58. The zero-order valence-corrected chi connectivity index (χ0v) is 16.4. The molecule has 0 aliphatic rings. The molecule has 144 valence electrons. The van der Waals surface area contributed by atoms with Crippen molar-refractivity contribution in [1.82, 2.24) is 15.3 Å². The number of aromatic nitrogens is 2. The van der Waals surface area contributed by atoms with Gasteiger partial charge in [0.15, 0.2) is 0 Å². The number of carbonyl (C=O) groups excluding carboxylic acids is 1. The maximum atomic E-state index is 13.1. The number of benzene rings is 2. The molecule has 4 heteroatoms. The molecule has 0 unspecified atom stereocenters. The van der Waals surface area contributed by atoms with Crippen molar-refractivity contribution < 1.29 is 4.79 Å². The molecule has 0 fully saturated rings. The minimum absolute atomic E-state index is 0.0629. The summed E-state index contributed by atoms with van der Waals surface area (Å²) < 4.78 is 0. The van der Waals surface area contributed by atoms with Crippen LogP contribution in [0.3, 0.4) is 0 Å². The lowest BCUT2D eigenvalue weighted by atomic mass is 10.0. The first-order valence-electron chi connectivity index (χ1n) is 9.87. The number of aryl methyl sites for hydroxylation is 1. The van der Waals surface area contributed by atoms with E-state index in [4.69, 9.17) is 4.98 Å². The van der Waals surface area contributed by atoms with Gasteiger partial charge in [-0.25, -0.2) is 4.98 Å². The molecule has 4 aromatic rings. The number of amides is 1. The van der Waals surface area contributed by atoms with E-state index >= 15 is 0 Å². The number of fused-ring (bicyclic) bond motifs is 1. The number of nitrogens with zero attached hydrogens (tertiary/aromatic N) is 2. The van der Waals surface area contributed by atoms with Gasteiger partial charge in [-0.15, -0.1) is 0 Å². The van der Waals surface area contributed by atoms with Crippen molar-refractivity contribution in [3.05, 3.63) is 96.2 Å². The summed E-state index contributed by atoms with van der Waals surface area (Å²) in [5.74, 6) is -0.0821. The Hall–Kier alpha value is -3.53. The van der Waals surface area contributed by atoms with Gasteiger partial charge >= 0.3 is 0 Å². The summed E-state index contributed by atoms with van der Waals surface area (Å²) in [5.41, 5.74) is 4.15. The van der Waals surface area contributed by atoms with Crippen LogP contribution in [-0.4, -0.2) is 21.9 Å². The van der Waals surface area contributed by atoms with E-state index in [9.17, 15) is 4.79 Å². The van der Waals surface area contributed by atoms with Gasteiger partial charge in [0.1, 0.15) is 0 Å². The Morgan fingerprint density at radius 2 is 1.69 bits per heavy atom. The molecule has 1 atom stereocenters. The molecule has 0 saturated heterocycles. The van der Waals surface area contributed by atoms with Gasteiger partial charge < -0.3 is 5.32 Å². The highest BCUT2D eigenvalue weighted by Gasteiger charge is 2.16. The van der Waals surface area contributed by atoms with E-state index in [1.165, 1.54) is 5.56 Å². The van der Waals surface area contributed by atoms with E-state index in [1.807, 2.05) is 73.7 Å². The number of rotatable bonds is 6. The number of hydrogen-bond donors (Lipinski definition) is 1. The summed E-state index contributed by atoms with van der Waals surface area (Å²) in [4.78, 5) is 22.2. The molecule has 0 spiro atoms. The van der Waals surface area contributed by atoms with Crippen molar-refractivity contribution in [3.8, 4) is 11.4 Å². The molecule has 1 N–H and O–H groups in total. The number of nitrogens with one attached hydrogen (secondary N) is 1. The van der Waals surface area contributed by atoms with Gasteiger partial charge in [-0.1, -0.05) is 54.6 Å². The molecule has 0 saturated carbocycles. The van der Waals surface area contributed by atoms with Crippen molar-refractivity contribution in [1.29, 1.82) is 0 Å². The van der Waals surface area contributed by atoms with Crippen molar-refractivity contribution in [3.63, 3.8) is 0 Å². The van der Waals surface area contributed by atoms with Gasteiger partial charge in [-0.3, -0.25) is 9.78 Å². The van der Waals surface area contributed by atoms with Gasteiger partial charge in [-0.2, -0.15) is 0 Å². The smallest absolute Gasteiger partial charge is 0.252 e. The first kappa shape index (κ1) is 18.8. The molecule has 4 nitrogen and oxygen atoms in total. The number of para-hydroxylation sites is 1. The highest BCUT2D eigenvalue weighted by Crippen LogP contribution is 2.23. The van der Waals surface area contributed by atoms with E-state index in [0.717, 1.165) is 29.4 Å². The van der Waals surface area contributed by atoms with Crippen LogP contribution in [0.1, 0.15) is 29.3 Å². The minimum atomic E-state index is -0.0821. The van der Waals surface area contributed by atoms with Crippen LogP contribution in [0.5, 0.6) is 0 Å². The fourth-order valence-corrected chi connectivity index (χ4v) is 3.41. The van der Waals surface area contributed by atoms with E-state index in [1.54, 1.807) is 6.20 Å². The maximum absolute atomic E-state index is 13.1. The van der Waals surface area contributed by atoms with E-state index < -0.39 is 0 Å². The second-order valence-electron chi connectivity index (χ2n) is 7.19. The zero-order valence-electron chi connectivity index (χ0n) is 16.4. The van der Waals surface area contributed by atoms with Crippen LogP contribution in [0.4, 0.5) is 0 Å². The Morgan fingerprint density at radius 1 is 0.931 bits per heavy atom. The Bertz CT molecular complexity index is 1110. The van der Waals surface area contributed by atoms with Gasteiger partial charge in [0.25, 0.3) is 5.91 Å². The maximum Gasteiger partial charge on any atom is 0.252 e.